The van der Waals surface area contributed by atoms with Gasteiger partial charge in [0.15, 0.2) is 5.84 Å². The lowest BCUT2D eigenvalue weighted by Crippen LogP contribution is -2.37. The molecule has 0 amide bonds. The summed E-state index contributed by atoms with van der Waals surface area (Å²) in [5, 5.41) is 11.8. The molecule has 1 atom stereocenters. The largest absolute Gasteiger partial charge is 0.409 e. The molecular weight excluding hydrogens is 252 g/mol. The monoisotopic (exact) mass is 276 g/mol. The fourth-order valence-electron chi connectivity index (χ4n) is 2.78. The lowest BCUT2D eigenvalue weighted by atomic mass is 10.1. The van der Waals surface area contributed by atoms with Crippen LogP contribution in [0.2, 0.25) is 0 Å². The average Bonchev–Trinajstić information content (AvgIpc) is 2.60. The van der Waals surface area contributed by atoms with Gasteiger partial charge in [0, 0.05) is 31.2 Å². The Labute approximate surface area is 120 Å². The van der Waals surface area contributed by atoms with Crippen molar-refractivity contribution in [3.05, 3.63) is 35.4 Å². The van der Waals surface area contributed by atoms with Crippen LogP contribution in [0.3, 0.4) is 0 Å². The molecule has 20 heavy (non-hydrogen) atoms. The van der Waals surface area contributed by atoms with E-state index < -0.39 is 0 Å². The molecule has 5 heteroatoms. The minimum absolute atomic E-state index is 0.162. The van der Waals surface area contributed by atoms with Gasteiger partial charge in [-0.15, -0.1) is 0 Å². The summed E-state index contributed by atoms with van der Waals surface area (Å²) < 4.78 is 0. The fourth-order valence-corrected chi connectivity index (χ4v) is 2.78. The predicted octanol–water partition coefficient (Wildman–Crippen LogP) is 1.31. The molecule has 1 aliphatic rings. The molecule has 3 N–H and O–H groups in total. The summed E-state index contributed by atoms with van der Waals surface area (Å²) in [4.78, 5) is 4.88. The molecule has 0 saturated carbocycles. The van der Waals surface area contributed by atoms with Gasteiger partial charge < -0.3 is 15.8 Å². The third-order valence-corrected chi connectivity index (χ3v) is 3.90. The topological polar surface area (TPSA) is 65.1 Å². The van der Waals surface area contributed by atoms with Crippen molar-refractivity contribution in [2.45, 2.75) is 25.9 Å². The summed E-state index contributed by atoms with van der Waals surface area (Å²) in [6.45, 7) is 6.54. The molecule has 0 spiro atoms. The zero-order valence-electron chi connectivity index (χ0n) is 12.3. The van der Waals surface area contributed by atoms with E-state index >= 15 is 0 Å². The lowest BCUT2D eigenvalue weighted by molar-refractivity contribution is 0.194. The first-order valence-electron chi connectivity index (χ1n) is 7.09. The summed E-state index contributed by atoms with van der Waals surface area (Å²) in [7, 11) is 2.18. The molecule has 0 aliphatic carbocycles. The molecule has 1 fully saturated rings. The highest BCUT2D eigenvalue weighted by molar-refractivity contribution is 5.97. The summed E-state index contributed by atoms with van der Waals surface area (Å²) >= 11 is 0. The molecule has 1 aromatic rings. The van der Waals surface area contributed by atoms with Gasteiger partial charge in [-0.05, 0) is 38.6 Å². The van der Waals surface area contributed by atoms with Crippen LogP contribution in [0.1, 0.15) is 24.5 Å². The number of hydrogen-bond acceptors (Lipinski definition) is 4. The Hall–Kier alpha value is -1.59. The summed E-state index contributed by atoms with van der Waals surface area (Å²) in [5.41, 5.74) is 7.61. The fraction of sp³-hybridized carbons (Fsp3) is 0.533. The van der Waals surface area contributed by atoms with E-state index in [0.717, 1.165) is 31.7 Å². The first-order valence-corrected chi connectivity index (χ1v) is 7.09. The molecule has 1 unspecified atom stereocenters. The van der Waals surface area contributed by atoms with Gasteiger partial charge in [-0.25, -0.2) is 0 Å². The first-order chi connectivity index (χ1) is 9.60. The minimum atomic E-state index is 0.162. The highest BCUT2D eigenvalue weighted by Crippen LogP contribution is 2.14. The van der Waals surface area contributed by atoms with Gasteiger partial charge in [-0.1, -0.05) is 23.4 Å². The second-order valence-corrected chi connectivity index (χ2v) is 5.62. The molecule has 0 aromatic heterocycles. The molecule has 2 rings (SSSR count). The van der Waals surface area contributed by atoms with Gasteiger partial charge in [-0.3, -0.25) is 4.90 Å². The zero-order valence-corrected chi connectivity index (χ0v) is 12.3. The second-order valence-electron chi connectivity index (χ2n) is 5.62. The standard InChI is InChI=1S/C15H24N4O/c1-12-10-18(2)7-4-8-19(12)11-13-5-3-6-14(9-13)15(16)17-20/h3,5-6,9,12,20H,4,7-8,10-11H2,1-2H3,(H2,16,17). The van der Waals surface area contributed by atoms with E-state index in [4.69, 9.17) is 10.9 Å². The Bertz CT molecular complexity index is 475. The third kappa shape index (κ3) is 3.71. The van der Waals surface area contributed by atoms with Crippen molar-refractivity contribution >= 4 is 5.84 Å². The first kappa shape index (κ1) is 14.8. The average molecular weight is 276 g/mol. The Morgan fingerprint density at radius 1 is 1.45 bits per heavy atom. The van der Waals surface area contributed by atoms with E-state index in [1.54, 1.807) is 0 Å². The van der Waals surface area contributed by atoms with Crippen LogP contribution in [0.4, 0.5) is 0 Å². The van der Waals surface area contributed by atoms with E-state index in [9.17, 15) is 0 Å². The molecule has 0 bridgehead atoms. The molecule has 1 aromatic carbocycles. The Balaban J connectivity index is 2.09. The van der Waals surface area contributed by atoms with Crippen LogP contribution >= 0.6 is 0 Å². The maximum atomic E-state index is 8.76. The Kier molecular flexibility index (Phi) is 4.98. The van der Waals surface area contributed by atoms with Crippen LogP contribution in [-0.4, -0.2) is 53.6 Å². The van der Waals surface area contributed by atoms with Gasteiger partial charge in [0.1, 0.15) is 0 Å². The smallest absolute Gasteiger partial charge is 0.170 e. The molecule has 1 saturated heterocycles. The second kappa shape index (κ2) is 6.72. The summed E-state index contributed by atoms with van der Waals surface area (Å²) in [5.74, 6) is 0.162. The highest BCUT2D eigenvalue weighted by Gasteiger charge is 2.19. The maximum absolute atomic E-state index is 8.76. The number of oxime groups is 1. The number of nitrogens with zero attached hydrogens (tertiary/aromatic N) is 3. The van der Waals surface area contributed by atoms with Gasteiger partial charge in [-0.2, -0.15) is 0 Å². The van der Waals surface area contributed by atoms with Crippen LogP contribution < -0.4 is 5.73 Å². The van der Waals surface area contributed by atoms with Crippen LogP contribution in [-0.2, 0) is 6.54 Å². The van der Waals surface area contributed by atoms with Crippen molar-refractivity contribution in [2.75, 3.05) is 26.7 Å². The van der Waals surface area contributed by atoms with Crippen LogP contribution in [0.25, 0.3) is 0 Å². The third-order valence-electron chi connectivity index (χ3n) is 3.90. The Morgan fingerprint density at radius 2 is 2.25 bits per heavy atom. The van der Waals surface area contributed by atoms with Crippen molar-refractivity contribution in [3.8, 4) is 0 Å². The normalized spacial score (nSPS) is 22.7. The SMILES string of the molecule is CC1CN(C)CCCN1Cc1cccc(/C(N)=N/O)c1. The lowest BCUT2D eigenvalue weighted by Gasteiger charge is -2.28. The Morgan fingerprint density at radius 3 is 3.00 bits per heavy atom. The van der Waals surface area contributed by atoms with Gasteiger partial charge in [0.2, 0.25) is 0 Å². The van der Waals surface area contributed by atoms with Crippen molar-refractivity contribution in [3.63, 3.8) is 0 Å². The van der Waals surface area contributed by atoms with Crippen molar-refractivity contribution < 1.29 is 5.21 Å². The maximum Gasteiger partial charge on any atom is 0.170 e. The van der Waals surface area contributed by atoms with Crippen LogP contribution in [0.5, 0.6) is 0 Å². The van der Waals surface area contributed by atoms with Crippen molar-refractivity contribution in [2.24, 2.45) is 10.9 Å². The van der Waals surface area contributed by atoms with Crippen molar-refractivity contribution in [1.82, 2.24) is 9.80 Å². The summed E-state index contributed by atoms with van der Waals surface area (Å²) in [6.07, 6.45) is 1.20. The zero-order chi connectivity index (χ0) is 14.5. The van der Waals surface area contributed by atoms with Crippen LogP contribution in [0, 0.1) is 0 Å². The number of benzene rings is 1. The van der Waals surface area contributed by atoms with E-state index in [1.165, 1.54) is 12.0 Å². The molecular formula is C15H24N4O. The molecule has 1 heterocycles. The van der Waals surface area contributed by atoms with Gasteiger partial charge in [0.25, 0.3) is 0 Å². The number of amidine groups is 1. The number of hydrogen-bond donors (Lipinski definition) is 2. The molecule has 110 valence electrons. The van der Waals surface area contributed by atoms with E-state index in [-0.39, 0.29) is 5.84 Å². The van der Waals surface area contributed by atoms with Crippen molar-refractivity contribution in [1.29, 1.82) is 0 Å². The predicted molar refractivity (Wildman–Crippen MR) is 80.9 cm³/mol. The summed E-state index contributed by atoms with van der Waals surface area (Å²) in [6, 6.07) is 8.44. The van der Waals surface area contributed by atoms with Crippen LogP contribution in [0.15, 0.2) is 29.4 Å². The van der Waals surface area contributed by atoms with Gasteiger partial charge >= 0.3 is 0 Å². The molecule has 5 nitrogen and oxygen atoms in total. The molecule has 0 radical (unpaired) electrons. The number of likely N-dealkylation sites (N-methyl/N-ethyl adjacent to an activating group) is 1. The van der Waals surface area contributed by atoms with E-state index in [2.05, 4.69) is 35.0 Å². The van der Waals surface area contributed by atoms with E-state index in [0.29, 0.717) is 6.04 Å². The van der Waals surface area contributed by atoms with Gasteiger partial charge in [0.05, 0.1) is 0 Å². The minimum Gasteiger partial charge on any atom is -0.409 e. The molecule has 1 aliphatic heterocycles. The number of nitrogens with two attached hydrogens (primary N) is 1. The highest BCUT2D eigenvalue weighted by atomic mass is 16.4. The number of rotatable bonds is 3. The van der Waals surface area contributed by atoms with E-state index in [1.807, 2.05) is 18.2 Å². The quantitative estimate of drug-likeness (QED) is 0.378.